The molecule has 11 heavy (non-hydrogen) atoms. The van der Waals surface area contributed by atoms with Gasteiger partial charge < -0.3 is 4.74 Å². The van der Waals surface area contributed by atoms with Gasteiger partial charge in [0.15, 0.2) is 0 Å². The molecule has 0 aliphatic rings. The summed E-state index contributed by atoms with van der Waals surface area (Å²) in [7, 11) is 0. The van der Waals surface area contributed by atoms with Crippen molar-refractivity contribution in [2.45, 2.75) is 20.8 Å². The minimum atomic E-state index is -0.342. The number of rotatable bonds is 4. The molecule has 0 saturated carbocycles. The van der Waals surface area contributed by atoms with Crippen LogP contribution in [0, 0.1) is 5.92 Å². The van der Waals surface area contributed by atoms with E-state index >= 15 is 0 Å². The van der Waals surface area contributed by atoms with E-state index in [2.05, 4.69) is 4.72 Å². The van der Waals surface area contributed by atoms with Crippen molar-refractivity contribution in [3.63, 3.8) is 0 Å². The van der Waals surface area contributed by atoms with Gasteiger partial charge in [0, 0.05) is 5.75 Å². The average Bonchev–Trinajstić information content (AvgIpc) is 1.97. The van der Waals surface area contributed by atoms with E-state index in [1.807, 2.05) is 20.8 Å². The summed E-state index contributed by atoms with van der Waals surface area (Å²) in [6.45, 7) is 6.45. The lowest BCUT2D eigenvalue weighted by Gasteiger charge is -2.06. The van der Waals surface area contributed by atoms with Crippen molar-refractivity contribution < 1.29 is 9.53 Å². The maximum absolute atomic E-state index is 10.8. The summed E-state index contributed by atoms with van der Waals surface area (Å²) in [5.41, 5.74) is 0. The fourth-order valence-electron chi connectivity index (χ4n) is 0.403. The lowest BCUT2D eigenvalue weighted by Crippen LogP contribution is -2.19. The third kappa shape index (κ3) is 7.52. The molecule has 1 amide bonds. The highest BCUT2D eigenvalue weighted by molar-refractivity contribution is 7.97. The maximum atomic E-state index is 10.8. The molecule has 0 aromatic heterocycles. The van der Waals surface area contributed by atoms with Crippen LogP contribution in [-0.2, 0) is 4.74 Å². The van der Waals surface area contributed by atoms with Gasteiger partial charge in [0.2, 0.25) is 0 Å². The zero-order valence-corrected chi connectivity index (χ0v) is 8.03. The Hall–Kier alpha value is -0.380. The summed E-state index contributed by atoms with van der Waals surface area (Å²) in [6, 6.07) is 0. The minimum Gasteiger partial charge on any atom is -0.449 e. The van der Waals surface area contributed by atoms with Crippen LogP contribution in [0.15, 0.2) is 0 Å². The van der Waals surface area contributed by atoms with Crippen LogP contribution < -0.4 is 4.72 Å². The van der Waals surface area contributed by atoms with Crippen molar-refractivity contribution in [1.29, 1.82) is 0 Å². The van der Waals surface area contributed by atoms with Gasteiger partial charge in [-0.05, 0) is 17.9 Å². The van der Waals surface area contributed by atoms with Crippen LogP contribution in [0.2, 0.25) is 0 Å². The molecule has 66 valence electrons. The van der Waals surface area contributed by atoms with Crippen molar-refractivity contribution in [2.24, 2.45) is 5.92 Å². The molecule has 0 fully saturated rings. The second-order valence-corrected chi connectivity index (χ2v) is 3.60. The fourth-order valence-corrected chi connectivity index (χ4v) is 0.724. The Kier molecular flexibility index (Phi) is 6.12. The van der Waals surface area contributed by atoms with Gasteiger partial charge >= 0.3 is 6.09 Å². The Balaban J connectivity index is 3.23. The van der Waals surface area contributed by atoms with Gasteiger partial charge in [-0.2, -0.15) is 0 Å². The predicted octanol–water partition coefficient (Wildman–Crippen LogP) is 2.04. The van der Waals surface area contributed by atoms with Crippen molar-refractivity contribution in [3.8, 4) is 0 Å². The van der Waals surface area contributed by atoms with Crippen LogP contribution in [0.3, 0.4) is 0 Å². The van der Waals surface area contributed by atoms with E-state index in [1.54, 1.807) is 0 Å². The summed E-state index contributed by atoms with van der Waals surface area (Å²) >= 11 is 1.34. The second kappa shape index (κ2) is 6.34. The molecule has 0 bridgehead atoms. The van der Waals surface area contributed by atoms with Crippen LogP contribution >= 0.6 is 11.9 Å². The lowest BCUT2D eigenvalue weighted by molar-refractivity contribution is 0.139. The molecule has 4 heteroatoms. The van der Waals surface area contributed by atoms with Crippen LogP contribution in [0.5, 0.6) is 0 Å². The normalized spacial score (nSPS) is 9.82. The first-order valence-electron chi connectivity index (χ1n) is 3.71. The monoisotopic (exact) mass is 177 g/mol. The molecule has 0 radical (unpaired) electrons. The van der Waals surface area contributed by atoms with E-state index in [0.717, 1.165) is 5.75 Å². The smallest absolute Gasteiger partial charge is 0.417 e. The van der Waals surface area contributed by atoms with Gasteiger partial charge in [-0.3, -0.25) is 4.72 Å². The Labute approximate surface area is 72.0 Å². The Morgan fingerprint density at radius 3 is 2.73 bits per heavy atom. The molecule has 1 N–H and O–H groups in total. The highest BCUT2D eigenvalue weighted by Gasteiger charge is 2.01. The molecule has 0 aromatic rings. The van der Waals surface area contributed by atoms with Gasteiger partial charge in [-0.15, -0.1) is 0 Å². The molecule has 0 rings (SSSR count). The summed E-state index contributed by atoms with van der Waals surface area (Å²) in [6.07, 6.45) is -0.342. The molecule has 0 atom stereocenters. The molecular formula is C7H15NO2S. The second-order valence-electron chi connectivity index (χ2n) is 2.53. The van der Waals surface area contributed by atoms with Crippen molar-refractivity contribution in [1.82, 2.24) is 4.72 Å². The highest BCUT2D eigenvalue weighted by atomic mass is 32.2. The van der Waals surface area contributed by atoms with E-state index in [0.29, 0.717) is 12.5 Å². The van der Waals surface area contributed by atoms with E-state index < -0.39 is 0 Å². The molecular weight excluding hydrogens is 162 g/mol. The number of hydrogen-bond acceptors (Lipinski definition) is 3. The fraction of sp³-hybridized carbons (Fsp3) is 0.857. The minimum absolute atomic E-state index is 0.342. The summed E-state index contributed by atoms with van der Waals surface area (Å²) in [5.74, 6) is 1.25. The SMILES string of the molecule is CCSNC(=O)OCC(C)C. The first-order valence-corrected chi connectivity index (χ1v) is 4.70. The van der Waals surface area contributed by atoms with E-state index in [9.17, 15) is 4.79 Å². The number of nitrogens with one attached hydrogen (secondary N) is 1. The van der Waals surface area contributed by atoms with Gasteiger partial charge in [-0.25, -0.2) is 4.79 Å². The number of ether oxygens (including phenoxy) is 1. The molecule has 0 saturated heterocycles. The largest absolute Gasteiger partial charge is 0.449 e. The number of hydrogen-bond donors (Lipinski definition) is 1. The number of carbonyl (C=O) groups is 1. The molecule has 0 unspecified atom stereocenters. The zero-order chi connectivity index (χ0) is 8.69. The van der Waals surface area contributed by atoms with Crippen molar-refractivity contribution >= 4 is 18.0 Å². The third-order valence-corrected chi connectivity index (χ3v) is 1.45. The number of amides is 1. The topological polar surface area (TPSA) is 38.3 Å². The van der Waals surface area contributed by atoms with Gasteiger partial charge in [0.1, 0.15) is 0 Å². The molecule has 0 heterocycles. The maximum Gasteiger partial charge on any atom is 0.417 e. The molecule has 0 aliphatic heterocycles. The first-order chi connectivity index (χ1) is 5.16. The Morgan fingerprint density at radius 2 is 2.27 bits per heavy atom. The quantitative estimate of drug-likeness (QED) is 0.668. The van der Waals surface area contributed by atoms with Crippen molar-refractivity contribution in [2.75, 3.05) is 12.4 Å². The average molecular weight is 177 g/mol. The summed E-state index contributed by atoms with van der Waals surface area (Å²) in [4.78, 5) is 10.8. The van der Waals surface area contributed by atoms with E-state index in [1.165, 1.54) is 11.9 Å². The predicted molar refractivity (Wildman–Crippen MR) is 47.5 cm³/mol. The third-order valence-electron chi connectivity index (χ3n) is 0.848. The van der Waals surface area contributed by atoms with Crippen LogP contribution in [0.1, 0.15) is 20.8 Å². The van der Waals surface area contributed by atoms with Gasteiger partial charge in [0.05, 0.1) is 6.61 Å². The first kappa shape index (κ1) is 10.6. The van der Waals surface area contributed by atoms with Gasteiger partial charge in [0.25, 0.3) is 0 Å². The zero-order valence-electron chi connectivity index (χ0n) is 7.22. The molecule has 3 nitrogen and oxygen atoms in total. The Morgan fingerprint density at radius 1 is 1.64 bits per heavy atom. The molecule has 0 spiro atoms. The van der Waals surface area contributed by atoms with Crippen molar-refractivity contribution in [3.05, 3.63) is 0 Å². The molecule has 0 aromatic carbocycles. The standard InChI is InChI=1S/C7H15NO2S/c1-4-11-8-7(9)10-5-6(2)3/h6H,4-5H2,1-3H3,(H,8,9). The van der Waals surface area contributed by atoms with Crippen LogP contribution in [0.25, 0.3) is 0 Å². The van der Waals surface area contributed by atoms with Crippen LogP contribution in [-0.4, -0.2) is 18.5 Å². The molecule has 0 aliphatic carbocycles. The highest BCUT2D eigenvalue weighted by Crippen LogP contribution is 1.95. The lowest BCUT2D eigenvalue weighted by atomic mass is 10.2. The van der Waals surface area contributed by atoms with Gasteiger partial charge in [-0.1, -0.05) is 20.8 Å². The Bertz CT molecular complexity index is 117. The number of carbonyl (C=O) groups excluding carboxylic acids is 1. The van der Waals surface area contributed by atoms with E-state index in [-0.39, 0.29) is 6.09 Å². The summed E-state index contributed by atoms with van der Waals surface area (Å²) < 4.78 is 7.38. The van der Waals surface area contributed by atoms with E-state index in [4.69, 9.17) is 4.74 Å². The van der Waals surface area contributed by atoms with Crippen LogP contribution in [0.4, 0.5) is 4.79 Å². The summed E-state index contributed by atoms with van der Waals surface area (Å²) in [5, 5.41) is 0.